The molecule has 1 N–H and O–H groups in total. The topological polar surface area (TPSA) is 92.3 Å². The van der Waals surface area contributed by atoms with Crippen LogP contribution in [0.25, 0.3) is 10.1 Å². The zero-order chi connectivity index (χ0) is 22.9. The van der Waals surface area contributed by atoms with Crippen molar-refractivity contribution in [3.63, 3.8) is 0 Å². The third kappa shape index (κ3) is 4.74. The first-order valence-electron chi connectivity index (χ1n) is 9.26. The van der Waals surface area contributed by atoms with Crippen LogP contribution >= 0.6 is 34.1 Å². The maximum atomic E-state index is 13.2. The van der Waals surface area contributed by atoms with E-state index in [2.05, 4.69) is 14.1 Å². The van der Waals surface area contributed by atoms with Crippen molar-refractivity contribution in [1.82, 2.24) is 14.3 Å². The van der Waals surface area contributed by atoms with E-state index >= 15 is 0 Å². The minimum Gasteiger partial charge on any atom is -0.337 e. The summed E-state index contributed by atoms with van der Waals surface area (Å²) in [6, 6.07) is 12.4. The number of amides is 1. The second kappa shape index (κ2) is 9.08. The lowest BCUT2D eigenvalue weighted by Gasteiger charge is -2.20. The van der Waals surface area contributed by atoms with Gasteiger partial charge in [-0.1, -0.05) is 12.1 Å². The number of anilines is 1. The van der Waals surface area contributed by atoms with Crippen LogP contribution in [0, 0.1) is 9.39 Å². The van der Waals surface area contributed by atoms with E-state index in [4.69, 9.17) is 0 Å². The average molecular weight is 582 g/mol. The lowest BCUT2D eigenvalue weighted by molar-refractivity contribution is 0.0786. The van der Waals surface area contributed by atoms with Crippen molar-refractivity contribution in [3.05, 3.63) is 81.4 Å². The van der Waals surface area contributed by atoms with Gasteiger partial charge in [-0.15, -0.1) is 0 Å². The summed E-state index contributed by atoms with van der Waals surface area (Å²) in [7, 11) is -2.48. The molecule has 32 heavy (non-hydrogen) atoms. The Morgan fingerprint density at radius 1 is 1.19 bits per heavy atom. The first-order valence-corrected chi connectivity index (χ1v) is 12.6. The first kappa shape index (κ1) is 22.6. The molecule has 0 spiro atoms. The minimum atomic E-state index is -4.08. The summed E-state index contributed by atoms with van der Waals surface area (Å²) < 4.78 is 47.4. The fourth-order valence-corrected chi connectivity index (χ4v) is 5.51. The Hall–Kier alpha value is -2.64. The summed E-state index contributed by atoms with van der Waals surface area (Å²) in [6.45, 7) is 0.235. The fourth-order valence-electron chi connectivity index (χ4n) is 3.11. The van der Waals surface area contributed by atoms with Gasteiger partial charge in [-0.25, -0.2) is 9.37 Å². The zero-order valence-electron chi connectivity index (χ0n) is 16.6. The zero-order valence-corrected chi connectivity index (χ0v) is 20.4. The summed E-state index contributed by atoms with van der Waals surface area (Å²) in [5.74, 6) is -0.742. The van der Waals surface area contributed by atoms with Crippen molar-refractivity contribution in [2.75, 3.05) is 11.8 Å². The smallest absolute Gasteiger partial charge is 0.280 e. The highest BCUT2D eigenvalue weighted by Gasteiger charge is 2.24. The van der Waals surface area contributed by atoms with Crippen molar-refractivity contribution >= 4 is 65.8 Å². The monoisotopic (exact) mass is 582 g/mol. The van der Waals surface area contributed by atoms with Gasteiger partial charge in [-0.2, -0.15) is 12.8 Å². The van der Waals surface area contributed by atoms with Gasteiger partial charge >= 0.3 is 0 Å². The Kier molecular flexibility index (Phi) is 6.40. The molecule has 0 aliphatic rings. The predicted octanol–water partition coefficient (Wildman–Crippen LogP) is 4.51. The molecule has 2 aromatic heterocycles. The molecule has 0 unspecified atom stereocenters. The molecule has 11 heteroatoms. The van der Waals surface area contributed by atoms with Crippen LogP contribution in [0.4, 0.5) is 10.1 Å². The molecule has 7 nitrogen and oxygen atoms in total. The van der Waals surface area contributed by atoms with E-state index < -0.39 is 10.0 Å². The molecular weight excluding hydrogens is 566 g/mol. The number of nitrogens with zero attached hydrogens (tertiary/aromatic N) is 3. The molecule has 0 radical (unpaired) electrons. The van der Waals surface area contributed by atoms with Crippen molar-refractivity contribution in [1.29, 1.82) is 0 Å². The number of nitrogens with one attached hydrogen (secondary N) is 1. The SMILES string of the molecule is CN(Cc1ccc(F)cc1)C(=O)c1ccc(I)cc1NS(=O)(=O)c1nccc2sncc12. The molecule has 0 aliphatic carbocycles. The van der Waals surface area contributed by atoms with Gasteiger partial charge in [-0.05, 0) is 76.1 Å². The second-order valence-corrected chi connectivity index (χ2v) is 10.6. The number of pyridine rings is 1. The molecule has 0 saturated carbocycles. The molecule has 164 valence electrons. The molecule has 4 rings (SSSR count). The summed E-state index contributed by atoms with van der Waals surface area (Å²) in [5.41, 5.74) is 1.08. The van der Waals surface area contributed by atoms with Crippen LogP contribution in [0.2, 0.25) is 0 Å². The summed E-state index contributed by atoms with van der Waals surface area (Å²) >= 11 is 3.22. The van der Waals surface area contributed by atoms with Gasteiger partial charge in [-0.3, -0.25) is 9.52 Å². The molecule has 0 bridgehead atoms. The van der Waals surface area contributed by atoms with Crippen molar-refractivity contribution in [2.24, 2.45) is 0 Å². The number of carbonyl (C=O) groups is 1. The predicted molar refractivity (Wildman–Crippen MR) is 130 cm³/mol. The normalized spacial score (nSPS) is 11.5. The molecule has 0 atom stereocenters. The van der Waals surface area contributed by atoms with E-state index in [1.165, 1.54) is 41.0 Å². The van der Waals surface area contributed by atoms with E-state index in [0.717, 1.165) is 9.13 Å². The van der Waals surface area contributed by atoms with Gasteiger partial charge in [0.05, 0.1) is 27.5 Å². The van der Waals surface area contributed by atoms with Gasteiger partial charge in [0, 0.05) is 23.4 Å². The van der Waals surface area contributed by atoms with Crippen LogP contribution in [0.3, 0.4) is 0 Å². The lowest BCUT2D eigenvalue weighted by atomic mass is 10.1. The number of carbonyl (C=O) groups excluding carboxylic acids is 1. The maximum Gasteiger partial charge on any atom is 0.280 e. The largest absolute Gasteiger partial charge is 0.337 e. The fraction of sp³-hybridized carbons (Fsp3) is 0.0952. The van der Waals surface area contributed by atoms with E-state index in [1.807, 2.05) is 22.6 Å². The summed E-state index contributed by atoms with van der Waals surface area (Å²) in [6.07, 6.45) is 2.87. The number of rotatable bonds is 6. The number of aromatic nitrogens is 2. The van der Waals surface area contributed by atoms with Crippen molar-refractivity contribution in [3.8, 4) is 0 Å². The van der Waals surface area contributed by atoms with Crippen LogP contribution in [0.5, 0.6) is 0 Å². The van der Waals surface area contributed by atoms with Gasteiger partial charge in [0.2, 0.25) is 0 Å². The van der Waals surface area contributed by atoms with Crippen LogP contribution in [-0.2, 0) is 16.6 Å². The van der Waals surface area contributed by atoms with Crippen LogP contribution in [-0.4, -0.2) is 35.6 Å². The third-order valence-electron chi connectivity index (χ3n) is 4.64. The Balaban J connectivity index is 1.65. The van der Waals surface area contributed by atoms with E-state index in [-0.39, 0.29) is 34.5 Å². The molecular formula is C21H16FIN4O3S2. The Morgan fingerprint density at radius 3 is 2.69 bits per heavy atom. The van der Waals surface area contributed by atoms with E-state index in [9.17, 15) is 17.6 Å². The highest BCUT2D eigenvalue weighted by molar-refractivity contribution is 14.1. The minimum absolute atomic E-state index is 0.148. The molecule has 1 amide bonds. The number of hydrogen-bond donors (Lipinski definition) is 1. The summed E-state index contributed by atoms with van der Waals surface area (Å²) in [5, 5.41) is 0.262. The van der Waals surface area contributed by atoms with E-state index in [1.54, 1.807) is 43.4 Å². The van der Waals surface area contributed by atoms with Crippen molar-refractivity contribution in [2.45, 2.75) is 11.6 Å². The molecule has 4 aromatic rings. The molecule has 2 heterocycles. The lowest BCUT2D eigenvalue weighted by Crippen LogP contribution is -2.28. The van der Waals surface area contributed by atoms with Crippen LogP contribution < -0.4 is 4.72 Å². The molecule has 2 aromatic carbocycles. The average Bonchev–Trinajstić information content (AvgIpc) is 3.23. The van der Waals surface area contributed by atoms with Gasteiger partial charge in [0.1, 0.15) is 5.82 Å². The number of fused-ring (bicyclic) bond motifs is 1. The highest BCUT2D eigenvalue weighted by Crippen LogP contribution is 2.28. The Labute approximate surface area is 201 Å². The number of hydrogen-bond acceptors (Lipinski definition) is 6. The number of halogens is 2. The standard InChI is InChI=1S/C21H16FIN4O3S2/c1-27(12-13-2-4-14(22)5-3-13)21(28)16-7-6-15(23)10-18(16)26-32(29,30)20-17-11-25-31-19(17)8-9-24-20/h2-11,26H,12H2,1H3. The first-order chi connectivity index (χ1) is 15.2. The van der Waals surface area contributed by atoms with Gasteiger partial charge in [0.25, 0.3) is 15.9 Å². The second-order valence-electron chi connectivity index (χ2n) is 6.94. The third-order valence-corrected chi connectivity index (χ3v) is 7.39. The number of benzene rings is 2. The highest BCUT2D eigenvalue weighted by atomic mass is 127. The maximum absolute atomic E-state index is 13.2. The summed E-state index contributed by atoms with van der Waals surface area (Å²) in [4.78, 5) is 18.6. The number of sulfonamides is 1. The van der Waals surface area contributed by atoms with Crippen molar-refractivity contribution < 1.29 is 17.6 Å². The van der Waals surface area contributed by atoms with Crippen LogP contribution in [0.1, 0.15) is 15.9 Å². The molecule has 0 fully saturated rings. The Bertz CT molecular complexity index is 1410. The van der Waals surface area contributed by atoms with Crippen LogP contribution in [0.15, 0.2) is 66.0 Å². The molecule has 0 saturated heterocycles. The van der Waals surface area contributed by atoms with Gasteiger partial charge in [0.15, 0.2) is 5.03 Å². The quantitative estimate of drug-likeness (QED) is 0.338. The molecule has 0 aliphatic heterocycles. The van der Waals surface area contributed by atoms with Gasteiger partial charge < -0.3 is 4.90 Å². The van der Waals surface area contributed by atoms with E-state index in [0.29, 0.717) is 10.1 Å². The Morgan fingerprint density at radius 2 is 1.94 bits per heavy atom.